The zero-order valence-electron chi connectivity index (χ0n) is 11.3. The summed E-state index contributed by atoms with van der Waals surface area (Å²) in [4.78, 5) is 24.2. The average molecular weight is 275 g/mol. The first-order valence-electron chi connectivity index (χ1n) is 6.47. The van der Waals surface area contributed by atoms with Gasteiger partial charge in [0.05, 0.1) is 5.57 Å². The van der Waals surface area contributed by atoms with Gasteiger partial charge >= 0.3 is 5.97 Å². The number of para-hydroxylation sites is 1. The Morgan fingerprint density at radius 3 is 2.85 bits per heavy atom. The third-order valence-electron chi connectivity index (χ3n) is 3.14. The van der Waals surface area contributed by atoms with Gasteiger partial charge in [-0.05, 0) is 18.6 Å². The Labute approximate surface area is 117 Å². The van der Waals surface area contributed by atoms with E-state index in [1.165, 1.54) is 4.90 Å². The maximum Gasteiger partial charge on any atom is 0.303 e. The number of hydrogen-bond acceptors (Lipinski definition) is 3. The van der Waals surface area contributed by atoms with Crippen LogP contribution in [0.2, 0.25) is 0 Å². The van der Waals surface area contributed by atoms with E-state index in [9.17, 15) is 9.59 Å². The number of amides is 1. The maximum atomic E-state index is 12.2. The lowest BCUT2D eigenvalue weighted by Crippen LogP contribution is -2.32. The van der Waals surface area contributed by atoms with Crippen LogP contribution in [0.4, 0.5) is 0 Å². The normalized spacial score (nSPS) is 12.9. The molecular formula is C15H17NO4. The van der Waals surface area contributed by atoms with E-state index in [4.69, 9.17) is 9.84 Å². The monoisotopic (exact) mass is 275 g/mol. The Bertz CT molecular complexity index is 551. The van der Waals surface area contributed by atoms with Crippen molar-refractivity contribution in [1.82, 2.24) is 4.90 Å². The number of benzene rings is 1. The molecule has 1 heterocycles. The van der Waals surface area contributed by atoms with Gasteiger partial charge in [-0.25, -0.2) is 0 Å². The van der Waals surface area contributed by atoms with Gasteiger partial charge in [0.25, 0.3) is 5.91 Å². The lowest BCUT2D eigenvalue weighted by Gasteiger charge is -2.22. The van der Waals surface area contributed by atoms with Gasteiger partial charge in [-0.15, -0.1) is 0 Å². The van der Waals surface area contributed by atoms with E-state index < -0.39 is 5.97 Å². The van der Waals surface area contributed by atoms with E-state index in [-0.39, 0.29) is 18.9 Å². The van der Waals surface area contributed by atoms with Crippen LogP contribution in [-0.2, 0) is 9.59 Å². The molecule has 0 radical (unpaired) electrons. The molecule has 1 aromatic carbocycles. The van der Waals surface area contributed by atoms with Crippen LogP contribution in [0.15, 0.2) is 29.8 Å². The van der Waals surface area contributed by atoms with E-state index in [1.807, 2.05) is 30.3 Å². The van der Waals surface area contributed by atoms with Crippen molar-refractivity contribution in [2.45, 2.75) is 12.8 Å². The lowest BCUT2D eigenvalue weighted by molar-refractivity contribution is -0.137. The van der Waals surface area contributed by atoms with Crippen LogP contribution >= 0.6 is 0 Å². The third-order valence-corrected chi connectivity index (χ3v) is 3.14. The molecular weight excluding hydrogens is 258 g/mol. The number of hydrogen-bond donors (Lipinski definition) is 1. The number of nitrogens with zero attached hydrogens (tertiary/aromatic N) is 1. The first-order chi connectivity index (χ1) is 9.58. The van der Waals surface area contributed by atoms with Crippen LogP contribution in [0.1, 0.15) is 18.4 Å². The molecule has 1 aliphatic rings. The summed E-state index contributed by atoms with van der Waals surface area (Å²) < 4.78 is 5.54. The van der Waals surface area contributed by atoms with Crippen LogP contribution in [0, 0.1) is 0 Å². The molecule has 20 heavy (non-hydrogen) atoms. The Morgan fingerprint density at radius 1 is 1.35 bits per heavy atom. The molecule has 1 aliphatic heterocycles. The van der Waals surface area contributed by atoms with Gasteiger partial charge < -0.3 is 14.7 Å². The highest BCUT2D eigenvalue weighted by molar-refractivity contribution is 5.99. The van der Waals surface area contributed by atoms with Crippen molar-refractivity contribution < 1.29 is 19.4 Å². The zero-order valence-corrected chi connectivity index (χ0v) is 11.3. The first kappa shape index (κ1) is 14.1. The lowest BCUT2D eigenvalue weighted by atomic mass is 10.1. The van der Waals surface area contributed by atoms with Gasteiger partial charge in [0.2, 0.25) is 0 Å². The summed E-state index contributed by atoms with van der Waals surface area (Å²) in [5, 5.41) is 8.59. The van der Waals surface area contributed by atoms with Crippen LogP contribution in [0.3, 0.4) is 0 Å². The fourth-order valence-electron chi connectivity index (χ4n) is 2.05. The van der Waals surface area contributed by atoms with Gasteiger partial charge in [0, 0.05) is 25.6 Å². The summed E-state index contributed by atoms with van der Waals surface area (Å²) >= 11 is 0. The predicted octanol–water partition coefficient (Wildman–Crippen LogP) is 1.79. The summed E-state index contributed by atoms with van der Waals surface area (Å²) in [6.07, 6.45) is 2.34. The second-order valence-electron chi connectivity index (χ2n) is 4.72. The van der Waals surface area contributed by atoms with Gasteiger partial charge in [-0.1, -0.05) is 18.2 Å². The van der Waals surface area contributed by atoms with E-state index in [1.54, 1.807) is 7.05 Å². The van der Waals surface area contributed by atoms with Crippen LogP contribution in [-0.4, -0.2) is 42.1 Å². The maximum absolute atomic E-state index is 12.2. The summed E-state index contributed by atoms with van der Waals surface area (Å²) in [6, 6.07) is 7.54. The SMILES string of the molecule is CN(CCCC(=O)O)C(=O)C1=Cc2ccccc2OC1. The molecule has 0 fully saturated rings. The average Bonchev–Trinajstić information content (AvgIpc) is 2.45. The number of carbonyl (C=O) groups excluding carboxylic acids is 1. The Kier molecular flexibility index (Phi) is 4.40. The summed E-state index contributed by atoms with van der Waals surface area (Å²) in [5.41, 5.74) is 1.47. The predicted molar refractivity (Wildman–Crippen MR) is 74.4 cm³/mol. The Morgan fingerprint density at radius 2 is 2.10 bits per heavy atom. The minimum absolute atomic E-state index is 0.0655. The second-order valence-corrected chi connectivity index (χ2v) is 4.72. The first-order valence-corrected chi connectivity index (χ1v) is 6.47. The molecule has 0 bridgehead atoms. The molecule has 1 aromatic rings. The Balaban J connectivity index is 1.99. The number of aliphatic carboxylic acids is 1. The molecule has 0 spiro atoms. The molecule has 1 amide bonds. The molecule has 5 nitrogen and oxygen atoms in total. The van der Waals surface area contributed by atoms with Crippen LogP contribution in [0.5, 0.6) is 5.75 Å². The highest BCUT2D eigenvalue weighted by Gasteiger charge is 2.19. The van der Waals surface area contributed by atoms with Crippen molar-refractivity contribution >= 4 is 18.0 Å². The van der Waals surface area contributed by atoms with Crippen LogP contribution < -0.4 is 4.74 Å². The minimum atomic E-state index is -0.847. The van der Waals surface area contributed by atoms with E-state index in [2.05, 4.69) is 0 Å². The number of carbonyl (C=O) groups is 2. The molecule has 5 heteroatoms. The highest BCUT2D eigenvalue weighted by Crippen LogP contribution is 2.26. The fourth-order valence-corrected chi connectivity index (χ4v) is 2.05. The molecule has 0 aliphatic carbocycles. The molecule has 0 aromatic heterocycles. The zero-order chi connectivity index (χ0) is 14.5. The number of rotatable bonds is 5. The van der Waals surface area contributed by atoms with Gasteiger partial charge in [0.1, 0.15) is 12.4 Å². The van der Waals surface area contributed by atoms with Crippen molar-refractivity contribution in [3.63, 3.8) is 0 Å². The largest absolute Gasteiger partial charge is 0.488 e. The number of carboxylic acid groups (broad SMARTS) is 1. The number of carboxylic acids is 1. The summed E-state index contributed by atoms with van der Waals surface area (Å²) in [6.45, 7) is 0.670. The van der Waals surface area contributed by atoms with E-state index in [0.717, 1.165) is 11.3 Å². The van der Waals surface area contributed by atoms with Crippen molar-refractivity contribution in [3.8, 4) is 5.75 Å². The van der Waals surface area contributed by atoms with Crippen LogP contribution in [0.25, 0.3) is 6.08 Å². The number of ether oxygens (including phenoxy) is 1. The second kappa shape index (κ2) is 6.23. The van der Waals surface area contributed by atoms with Gasteiger partial charge in [-0.2, -0.15) is 0 Å². The molecule has 0 saturated carbocycles. The van der Waals surface area contributed by atoms with Gasteiger partial charge in [-0.3, -0.25) is 9.59 Å². The fraction of sp³-hybridized carbons (Fsp3) is 0.333. The molecule has 1 N–H and O–H groups in total. The van der Waals surface area contributed by atoms with E-state index in [0.29, 0.717) is 18.5 Å². The van der Waals surface area contributed by atoms with Crippen molar-refractivity contribution in [3.05, 3.63) is 35.4 Å². The van der Waals surface area contributed by atoms with E-state index >= 15 is 0 Å². The molecule has 0 saturated heterocycles. The number of likely N-dealkylation sites (N-methyl/N-ethyl adjacent to an activating group) is 1. The highest BCUT2D eigenvalue weighted by atomic mass is 16.5. The summed E-state index contributed by atoms with van der Waals surface area (Å²) in [5.74, 6) is -0.192. The minimum Gasteiger partial charge on any atom is -0.488 e. The smallest absolute Gasteiger partial charge is 0.303 e. The quantitative estimate of drug-likeness (QED) is 0.889. The summed E-state index contributed by atoms with van der Waals surface area (Å²) in [7, 11) is 1.67. The molecule has 2 rings (SSSR count). The topological polar surface area (TPSA) is 66.8 Å². The van der Waals surface area contributed by atoms with Crippen molar-refractivity contribution in [2.24, 2.45) is 0 Å². The standard InChI is InChI=1S/C15H17NO4/c1-16(8-4-7-14(17)18)15(19)12-9-11-5-2-3-6-13(11)20-10-12/h2-3,5-6,9H,4,7-8,10H2,1H3,(H,17,18). The Hall–Kier alpha value is -2.30. The third kappa shape index (κ3) is 3.38. The molecule has 106 valence electrons. The molecule has 0 atom stereocenters. The van der Waals surface area contributed by atoms with Crippen molar-refractivity contribution in [2.75, 3.05) is 20.2 Å². The van der Waals surface area contributed by atoms with Gasteiger partial charge in [0.15, 0.2) is 0 Å². The van der Waals surface area contributed by atoms with Crippen molar-refractivity contribution in [1.29, 1.82) is 0 Å². The molecule has 0 unspecified atom stereocenters. The number of fused-ring (bicyclic) bond motifs is 1.